The molecule has 0 aromatic heterocycles. The second-order valence-electron chi connectivity index (χ2n) is 2.93. The van der Waals surface area contributed by atoms with Crippen LogP contribution in [-0.2, 0) is 15.6 Å². The molecule has 0 bridgehead atoms. The van der Waals surface area contributed by atoms with E-state index in [-0.39, 0.29) is 4.90 Å². The Kier molecular flexibility index (Phi) is 4.08. The van der Waals surface area contributed by atoms with Gasteiger partial charge in [-0.1, -0.05) is 0 Å². The fourth-order valence-corrected chi connectivity index (χ4v) is 2.19. The number of halogens is 2. The molecule has 0 heterocycles. The van der Waals surface area contributed by atoms with Crippen molar-refractivity contribution in [3.05, 3.63) is 29.8 Å². The zero-order valence-electron chi connectivity index (χ0n) is 8.02. The standard InChI is InChI=1S/C9H9F2NO3S/c10-5-1-2-7(6(11)3-5)16(15)8(4-12)9(13)14/h1-3,8H,4,12H2,(H,13,14). The summed E-state index contributed by atoms with van der Waals surface area (Å²) in [4.78, 5) is 10.3. The molecule has 2 atom stereocenters. The van der Waals surface area contributed by atoms with Gasteiger partial charge in [-0.15, -0.1) is 0 Å². The van der Waals surface area contributed by atoms with Crippen molar-refractivity contribution in [1.82, 2.24) is 0 Å². The maximum absolute atomic E-state index is 13.2. The van der Waals surface area contributed by atoms with Crippen LogP contribution in [0.4, 0.5) is 8.78 Å². The van der Waals surface area contributed by atoms with E-state index < -0.39 is 40.2 Å². The highest BCUT2D eigenvalue weighted by Crippen LogP contribution is 2.16. The molecule has 0 saturated carbocycles. The minimum Gasteiger partial charge on any atom is -0.480 e. The normalized spacial score (nSPS) is 14.4. The summed E-state index contributed by atoms with van der Waals surface area (Å²) in [5, 5.41) is 7.28. The highest BCUT2D eigenvalue weighted by molar-refractivity contribution is 7.86. The molecule has 16 heavy (non-hydrogen) atoms. The van der Waals surface area contributed by atoms with Gasteiger partial charge in [0.1, 0.15) is 16.9 Å². The first-order chi connectivity index (χ1) is 7.47. The molecule has 4 nitrogen and oxygen atoms in total. The molecular formula is C9H9F2NO3S. The summed E-state index contributed by atoms with van der Waals surface area (Å²) in [7, 11) is -2.14. The average Bonchev–Trinajstić information content (AvgIpc) is 2.17. The summed E-state index contributed by atoms with van der Waals surface area (Å²) in [5.41, 5.74) is 5.12. The molecule has 0 saturated heterocycles. The van der Waals surface area contributed by atoms with Gasteiger partial charge >= 0.3 is 5.97 Å². The SMILES string of the molecule is NCC(C(=O)O)S(=O)c1ccc(F)cc1F. The Balaban J connectivity index is 3.09. The topological polar surface area (TPSA) is 80.4 Å². The number of hydrogen-bond acceptors (Lipinski definition) is 3. The lowest BCUT2D eigenvalue weighted by Gasteiger charge is -2.10. The summed E-state index contributed by atoms with van der Waals surface area (Å²) < 4.78 is 37.4. The minimum atomic E-state index is -2.14. The van der Waals surface area contributed by atoms with Crippen LogP contribution < -0.4 is 5.73 Å². The number of carboxylic acids is 1. The first kappa shape index (κ1) is 12.7. The van der Waals surface area contributed by atoms with E-state index in [0.29, 0.717) is 6.07 Å². The molecule has 0 radical (unpaired) electrons. The maximum atomic E-state index is 13.2. The van der Waals surface area contributed by atoms with Crippen LogP contribution in [0.15, 0.2) is 23.1 Å². The van der Waals surface area contributed by atoms with Crippen molar-refractivity contribution in [3.8, 4) is 0 Å². The number of benzene rings is 1. The molecule has 7 heteroatoms. The maximum Gasteiger partial charge on any atom is 0.320 e. The van der Waals surface area contributed by atoms with Gasteiger partial charge in [0, 0.05) is 12.6 Å². The first-order valence-corrected chi connectivity index (χ1v) is 5.47. The summed E-state index contributed by atoms with van der Waals surface area (Å²) in [6.45, 7) is -0.390. The predicted molar refractivity (Wildman–Crippen MR) is 53.2 cm³/mol. The Labute approximate surface area is 92.5 Å². The molecule has 1 aromatic carbocycles. The van der Waals surface area contributed by atoms with Gasteiger partial charge in [0.15, 0.2) is 0 Å². The van der Waals surface area contributed by atoms with Gasteiger partial charge in [0.2, 0.25) is 0 Å². The number of aliphatic carboxylic acids is 1. The van der Waals surface area contributed by atoms with Gasteiger partial charge in [0.25, 0.3) is 0 Å². The number of carboxylic acid groups (broad SMARTS) is 1. The summed E-state index contributed by atoms with van der Waals surface area (Å²) in [6, 6.07) is 2.40. The van der Waals surface area contributed by atoms with E-state index in [1.807, 2.05) is 0 Å². The first-order valence-electron chi connectivity index (χ1n) is 4.26. The van der Waals surface area contributed by atoms with Gasteiger partial charge in [-0.3, -0.25) is 9.00 Å². The molecule has 3 N–H and O–H groups in total. The monoisotopic (exact) mass is 249 g/mol. The summed E-state index contributed by atoms with van der Waals surface area (Å²) >= 11 is 0. The van der Waals surface area contributed by atoms with Crippen molar-refractivity contribution in [2.75, 3.05) is 6.54 Å². The smallest absolute Gasteiger partial charge is 0.320 e. The van der Waals surface area contributed by atoms with Crippen molar-refractivity contribution in [1.29, 1.82) is 0 Å². The van der Waals surface area contributed by atoms with Gasteiger partial charge in [-0.25, -0.2) is 8.78 Å². The Bertz CT molecular complexity index is 439. The Morgan fingerprint density at radius 2 is 2.12 bits per heavy atom. The van der Waals surface area contributed by atoms with Gasteiger partial charge in [-0.05, 0) is 12.1 Å². The van der Waals surface area contributed by atoms with Crippen LogP contribution >= 0.6 is 0 Å². The van der Waals surface area contributed by atoms with Gasteiger partial charge in [0.05, 0.1) is 15.7 Å². The van der Waals surface area contributed by atoms with E-state index in [1.54, 1.807) is 0 Å². The van der Waals surface area contributed by atoms with E-state index in [9.17, 15) is 17.8 Å². The third-order valence-corrected chi connectivity index (χ3v) is 3.53. The highest BCUT2D eigenvalue weighted by atomic mass is 32.2. The molecule has 1 aromatic rings. The van der Waals surface area contributed by atoms with Crippen LogP contribution in [0.5, 0.6) is 0 Å². The van der Waals surface area contributed by atoms with E-state index in [2.05, 4.69) is 0 Å². The van der Waals surface area contributed by atoms with Crippen molar-refractivity contribution in [2.24, 2.45) is 5.73 Å². The van der Waals surface area contributed by atoms with E-state index >= 15 is 0 Å². The van der Waals surface area contributed by atoms with Crippen molar-refractivity contribution < 1.29 is 22.9 Å². The Morgan fingerprint density at radius 3 is 2.56 bits per heavy atom. The van der Waals surface area contributed by atoms with Gasteiger partial charge in [-0.2, -0.15) is 0 Å². The number of hydrogen-bond donors (Lipinski definition) is 2. The minimum absolute atomic E-state index is 0.362. The van der Waals surface area contributed by atoms with Crippen molar-refractivity contribution in [2.45, 2.75) is 10.1 Å². The fourth-order valence-electron chi connectivity index (χ4n) is 1.07. The lowest BCUT2D eigenvalue weighted by Crippen LogP contribution is -2.33. The number of rotatable bonds is 4. The molecule has 1 rings (SSSR count). The largest absolute Gasteiger partial charge is 0.480 e. The molecular weight excluding hydrogens is 240 g/mol. The highest BCUT2D eigenvalue weighted by Gasteiger charge is 2.26. The second kappa shape index (κ2) is 5.13. The molecule has 0 fully saturated rings. The van der Waals surface area contributed by atoms with Crippen LogP contribution in [0.3, 0.4) is 0 Å². The lowest BCUT2D eigenvalue weighted by molar-refractivity contribution is -0.136. The van der Waals surface area contributed by atoms with Crippen molar-refractivity contribution in [3.63, 3.8) is 0 Å². The summed E-state index contributed by atoms with van der Waals surface area (Å²) in [6.07, 6.45) is 0. The molecule has 88 valence electrons. The third-order valence-electron chi connectivity index (χ3n) is 1.86. The second-order valence-corrected chi connectivity index (χ2v) is 4.54. The molecule has 0 aliphatic heterocycles. The molecule has 0 aliphatic rings. The predicted octanol–water partition coefficient (Wildman–Crippen LogP) is 0.484. The Morgan fingerprint density at radius 1 is 1.50 bits per heavy atom. The fraction of sp³-hybridized carbons (Fsp3) is 0.222. The van der Waals surface area contributed by atoms with Crippen LogP contribution in [0.25, 0.3) is 0 Å². The Hall–Kier alpha value is -1.34. The zero-order chi connectivity index (χ0) is 12.3. The number of nitrogens with two attached hydrogens (primary N) is 1. The third kappa shape index (κ3) is 2.61. The lowest BCUT2D eigenvalue weighted by atomic mass is 10.3. The summed E-state index contributed by atoms with van der Waals surface area (Å²) in [5.74, 6) is -3.25. The van der Waals surface area contributed by atoms with Crippen LogP contribution in [0.2, 0.25) is 0 Å². The molecule has 2 unspecified atom stereocenters. The van der Waals surface area contributed by atoms with Gasteiger partial charge < -0.3 is 10.8 Å². The average molecular weight is 249 g/mol. The van der Waals surface area contributed by atoms with Crippen LogP contribution in [0.1, 0.15) is 0 Å². The van der Waals surface area contributed by atoms with Crippen LogP contribution in [-0.4, -0.2) is 27.1 Å². The van der Waals surface area contributed by atoms with Crippen molar-refractivity contribution >= 4 is 16.8 Å². The molecule has 0 aliphatic carbocycles. The van der Waals surface area contributed by atoms with E-state index in [1.165, 1.54) is 0 Å². The van der Waals surface area contributed by atoms with E-state index in [4.69, 9.17) is 10.8 Å². The van der Waals surface area contributed by atoms with E-state index in [0.717, 1.165) is 12.1 Å². The zero-order valence-corrected chi connectivity index (χ0v) is 8.84. The molecule has 0 amide bonds. The quantitative estimate of drug-likeness (QED) is 0.813. The number of carbonyl (C=O) groups is 1. The molecule has 0 spiro atoms. The van der Waals surface area contributed by atoms with Crippen LogP contribution in [0, 0.1) is 11.6 Å².